The number of rotatable bonds is 0. The van der Waals surface area contributed by atoms with Crippen LogP contribution in [0.5, 0.6) is 0 Å². The van der Waals surface area contributed by atoms with E-state index < -0.39 is 0 Å². The first-order valence-corrected chi connectivity index (χ1v) is 2.48. The Morgan fingerprint density at radius 3 is 2.75 bits per heavy atom. The van der Waals surface area contributed by atoms with Crippen LogP contribution >= 0.6 is 11.6 Å². The van der Waals surface area contributed by atoms with Crippen LogP contribution in [0, 0.1) is 0 Å². The van der Waals surface area contributed by atoms with E-state index in [1.54, 1.807) is 14.0 Å². The molecule has 0 N–H and O–H groups in total. The molecule has 0 spiro atoms. The van der Waals surface area contributed by atoms with Crippen LogP contribution in [0.1, 0.15) is 0 Å². The van der Waals surface area contributed by atoms with E-state index in [1.807, 2.05) is 0 Å². The molecular weight excluding hydrogens is 124 g/mol. The van der Waals surface area contributed by atoms with Gasteiger partial charge in [-0.05, 0) is 11.6 Å². The fourth-order valence-corrected chi connectivity index (χ4v) is 0.534. The molecular formula is C3H3BClN3. The van der Waals surface area contributed by atoms with Gasteiger partial charge in [0.25, 0.3) is 0 Å². The molecule has 5 heteroatoms. The summed E-state index contributed by atoms with van der Waals surface area (Å²) < 4.78 is 0. The number of hydrogen-bond donors (Lipinski definition) is 0. The summed E-state index contributed by atoms with van der Waals surface area (Å²) in [6.07, 6.45) is 1.55. The van der Waals surface area contributed by atoms with Gasteiger partial charge in [0.15, 0.2) is 7.85 Å². The maximum atomic E-state index is 5.36. The Morgan fingerprint density at radius 1 is 1.62 bits per heavy atom. The molecule has 0 saturated heterocycles. The first-order valence-electron chi connectivity index (χ1n) is 2.11. The van der Waals surface area contributed by atoms with E-state index in [2.05, 4.69) is 15.2 Å². The van der Waals surface area contributed by atoms with Crippen molar-refractivity contribution in [3.8, 4) is 0 Å². The summed E-state index contributed by atoms with van der Waals surface area (Å²) in [5, 5.41) is 7.18. The fraction of sp³-hybridized carbons (Fsp3) is 0. The van der Waals surface area contributed by atoms with Crippen molar-refractivity contribution in [2.45, 2.75) is 0 Å². The van der Waals surface area contributed by atoms with Crippen LogP contribution in [0.2, 0.25) is 5.28 Å². The normalized spacial score (nSPS) is 9.12. The van der Waals surface area contributed by atoms with Gasteiger partial charge in [0, 0.05) is 5.59 Å². The highest BCUT2D eigenvalue weighted by atomic mass is 35.5. The Labute approximate surface area is 52.5 Å². The molecule has 8 heavy (non-hydrogen) atoms. The third kappa shape index (κ3) is 1.17. The number of nitrogens with zero attached hydrogens (tertiary/aromatic N) is 3. The lowest BCUT2D eigenvalue weighted by Crippen LogP contribution is -2.09. The lowest BCUT2D eigenvalue weighted by Gasteiger charge is -1.86. The van der Waals surface area contributed by atoms with Gasteiger partial charge in [0.1, 0.15) is 0 Å². The molecule has 0 saturated carbocycles. The van der Waals surface area contributed by atoms with Gasteiger partial charge < -0.3 is 0 Å². The third-order valence-electron chi connectivity index (χ3n) is 0.653. The minimum Gasteiger partial charge on any atom is -0.231 e. The predicted octanol–water partition coefficient (Wildman–Crippen LogP) is -1.22. The molecule has 0 amide bonds. The van der Waals surface area contributed by atoms with Gasteiger partial charge in [-0.25, -0.2) is 4.98 Å². The molecule has 0 radical (unpaired) electrons. The Balaban J connectivity index is 3.08. The van der Waals surface area contributed by atoms with E-state index in [4.69, 9.17) is 11.6 Å². The Bertz CT molecular complexity index is 174. The van der Waals surface area contributed by atoms with Gasteiger partial charge in [0.2, 0.25) is 5.28 Å². The standard InChI is InChI=1S/C3H3BClN3/c4-2-1-6-8-3(5)7-2/h1H,4H2. The van der Waals surface area contributed by atoms with Crippen molar-refractivity contribution in [3.05, 3.63) is 11.5 Å². The van der Waals surface area contributed by atoms with Crippen molar-refractivity contribution < 1.29 is 0 Å². The van der Waals surface area contributed by atoms with Gasteiger partial charge in [-0.15, -0.1) is 5.10 Å². The lowest BCUT2D eigenvalue weighted by molar-refractivity contribution is 0.987. The fourth-order valence-electron chi connectivity index (χ4n) is 0.357. The van der Waals surface area contributed by atoms with E-state index >= 15 is 0 Å². The lowest BCUT2D eigenvalue weighted by atomic mass is 10.1. The van der Waals surface area contributed by atoms with Crippen molar-refractivity contribution >= 4 is 25.0 Å². The van der Waals surface area contributed by atoms with E-state index in [-0.39, 0.29) is 5.28 Å². The van der Waals surface area contributed by atoms with Crippen molar-refractivity contribution in [2.24, 2.45) is 0 Å². The molecule has 0 bridgehead atoms. The van der Waals surface area contributed by atoms with E-state index in [1.165, 1.54) is 0 Å². The summed E-state index contributed by atoms with van der Waals surface area (Å²) in [4.78, 5) is 3.77. The average Bonchev–Trinajstić information content (AvgIpc) is 1.64. The largest absolute Gasteiger partial charge is 0.242 e. The maximum absolute atomic E-state index is 5.36. The van der Waals surface area contributed by atoms with Crippen LogP contribution in [-0.2, 0) is 0 Å². The number of hydrogen-bond acceptors (Lipinski definition) is 3. The highest BCUT2D eigenvalue weighted by Gasteiger charge is 1.87. The van der Waals surface area contributed by atoms with Crippen molar-refractivity contribution in [1.82, 2.24) is 15.2 Å². The second kappa shape index (κ2) is 2.09. The Morgan fingerprint density at radius 2 is 2.38 bits per heavy atom. The zero-order valence-corrected chi connectivity index (χ0v) is 5.05. The molecule has 1 aromatic heterocycles. The summed E-state index contributed by atoms with van der Waals surface area (Å²) in [6, 6.07) is 0. The highest BCUT2D eigenvalue weighted by molar-refractivity contribution is 6.32. The average molecular weight is 127 g/mol. The molecule has 0 aliphatic heterocycles. The number of aromatic nitrogens is 3. The smallest absolute Gasteiger partial charge is 0.231 e. The van der Waals surface area contributed by atoms with Gasteiger partial charge in [-0.1, -0.05) is 0 Å². The predicted molar refractivity (Wildman–Crippen MR) is 33.0 cm³/mol. The Hall–Kier alpha value is -0.635. The molecule has 0 fully saturated rings. The van der Waals surface area contributed by atoms with Crippen LogP contribution in [-0.4, -0.2) is 23.0 Å². The van der Waals surface area contributed by atoms with Crippen molar-refractivity contribution in [1.29, 1.82) is 0 Å². The van der Waals surface area contributed by atoms with E-state index in [9.17, 15) is 0 Å². The molecule has 0 aromatic carbocycles. The van der Waals surface area contributed by atoms with E-state index in [0.717, 1.165) is 5.59 Å². The second-order valence-corrected chi connectivity index (χ2v) is 1.70. The Kier molecular flexibility index (Phi) is 1.44. The summed E-state index contributed by atoms with van der Waals surface area (Å²) in [7, 11) is 1.81. The van der Waals surface area contributed by atoms with Crippen LogP contribution in [0.3, 0.4) is 0 Å². The topological polar surface area (TPSA) is 38.7 Å². The van der Waals surface area contributed by atoms with E-state index in [0.29, 0.717) is 0 Å². The first-order chi connectivity index (χ1) is 3.79. The summed E-state index contributed by atoms with van der Waals surface area (Å²) in [5.41, 5.74) is 0.782. The third-order valence-corrected chi connectivity index (χ3v) is 0.814. The van der Waals surface area contributed by atoms with Gasteiger partial charge >= 0.3 is 0 Å². The second-order valence-electron chi connectivity index (χ2n) is 1.37. The van der Waals surface area contributed by atoms with Crippen molar-refractivity contribution in [3.63, 3.8) is 0 Å². The highest BCUT2D eigenvalue weighted by Crippen LogP contribution is 1.88. The maximum Gasteiger partial charge on any atom is 0.242 e. The molecule has 0 aliphatic carbocycles. The van der Waals surface area contributed by atoms with Gasteiger partial charge in [-0.2, -0.15) is 5.10 Å². The molecule has 1 heterocycles. The molecule has 1 rings (SSSR count). The summed E-state index contributed by atoms with van der Waals surface area (Å²) in [6.45, 7) is 0. The molecule has 0 atom stereocenters. The molecule has 3 nitrogen and oxygen atoms in total. The monoisotopic (exact) mass is 127 g/mol. The van der Waals surface area contributed by atoms with Gasteiger partial charge in [0.05, 0.1) is 6.20 Å². The first kappa shape index (κ1) is 5.50. The summed E-state index contributed by atoms with van der Waals surface area (Å²) in [5.74, 6) is 0. The van der Waals surface area contributed by atoms with Crippen LogP contribution in [0.4, 0.5) is 0 Å². The molecule has 0 unspecified atom stereocenters. The van der Waals surface area contributed by atoms with Crippen molar-refractivity contribution in [2.75, 3.05) is 0 Å². The van der Waals surface area contributed by atoms with Crippen LogP contribution in [0.25, 0.3) is 0 Å². The quantitative estimate of drug-likeness (QED) is 0.410. The summed E-state index contributed by atoms with van der Waals surface area (Å²) >= 11 is 5.36. The van der Waals surface area contributed by atoms with Gasteiger partial charge in [-0.3, -0.25) is 0 Å². The number of halogens is 1. The minimum absolute atomic E-state index is 0.199. The molecule has 1 aromatic rings. The molecule has 40 valence electrons. The zero-order valence-electron chi connectivity index (χ0n) is 4.30. The zero-order chi connectivity index (χ0) is 5.98. The molecule has 0 aliphatic rings. The van der Waals surface area contributed by atoms with Crippen LogP contribution < -0.4 is 5.59 Å². The SMILES string of the molecule is Bc1cnnc(Cl)n1. The minimum atomic E-state index is 0.199. The van der Waals surface area contributed by atoms with Crippen LogP contribution in [0.15, 0.2) is 6.20 Å².